The zero-order chi connectivity index (χ0) is 9.97. The predicted molar refractivity (Wildman–Crippen MR) is 57.5 cm³/mol. The Bertz CT molecular complexity index is 321. The van der Waals surface area contributed by atoms with Crippen molar-refractivity contribution in [2.75, 3.05) is 12.4 Å². The number of nitrogens with two attached hydrogens (primary N) is 1. The van der Waals surface area contributed by atoms with E-state index < -0.39 is 0 Å². The molecule has 1 aliphatic carbocycles. The molecule has 76 valence electrons. The molecule has 0 saturated heterocycles. The van der Waals surface area contributed by atoms with Crippen LogP contribution in [-0.2, 0) is 6.54 Å². The first-order valence-electron chi connectivity index (χ1n) is 5.01. The molecule has 1 fully saturated rings. The standard InChI is InChI=1S/C11H16N2O/c1-13-10-6-8(7-12)2-5-11(10)14-9-3-4-9/h2,5-6,9,13H,3-4,7,12H2,1H3. The van der Waals surface area contributed by atoms with Crippen molar-refractivity contribution in [2.45, 2.75) is 25.5 Å². The van der Waals surface area contributed by atoms with Crippen LogP contribution >= 0.6 is 0 Å². The topological polar surface area (TPSA) is 47.3 Å². The van der Waals surface area contributed by atoms with Crippen molar-refractivity contribution >= 4 is 5.69 Å². The highest BCUT2D eigenvalue weighted by atomic mass is 16.5. The van der Waals surface area contributed by atoms with Crippen molar-refractivity contribution < 1.29 is 4.74 Å². The molecule has 0 heterocycles. The van der Waals surface area contributed by atoms with Crippen molar-refractivity contribution in [3.8, 4) is 5.75 Å². The normalized spacial score (nSPS) is 15.3. The Hall–Kier alpha value is -1.22. The minimum absolute atomic E-state index is 0.436. The van der Waals surface area contributed by atoms with Crippen molar-refractivity contribution in [1.82, 2.24) is 0 Å². The average Bonchev–Trinajstić information content (AvgIpc) is 3.02. The summed E-state index contributed by atoms with van der Waals surface area (Å²) in [6.45, 7) is 0.568. The van der Waals surface area contributed by atoms with Gasteiger partial charge in [0, 0.05) is 13.6 Å². The maximum atomic E-state index is 5.74. The monoisotopic (exact) mass is 192 g/mol. The second-order valence-electron chi connectivity index (χ2n) is 3.60. The van der Waals surface area contributed by atoms with E-state index in [1.54, 1.807) is 0 Å². The van der Waals surface area contributed by atoms with Gasteiger partial charge in [0.1, 0.15) is 5.75 Å². The summed E-state index contributed by atoms with van der Waals surface area (Å²) in [4.78, 5) is 0. The molecule has 0 radical (unpaired) electrons. The Kier molecular flexibility index (Phi) is 2.59. The second-order valence-corrected chi connectivity index (χ2v) is 3.60. The summed E-state index contributed by atoms with van der Waals surface area (Å²) in [7, 11) is 1.90. The lowest BCUT2D eigenvalue weighted by Gasteiger charge is -2.11. The van der Waals surface area contributed by atoms with Gasteiger partial charge in [0.2, 0.25) is 0 Å². The molecular formula is C11H16N2O. The number of rotatable bonds is 4. The van der Waals surface area contributed by atoms with E-state index in [0.717, 1.165) is 17.0 Å². The Balaban J connectivity index is 2.19. The Morgan fingerprint density at radius 2 is 2.29 bits per heavy atom. The lowest BCUT2D eigenvalue weighted by atomic mass is 10.2. The van der Waals surface area contributed by atoms with E-state index in [2.05, 4.69) is 5.32 Å². The quantitative estimate of drug-likeness (QED) is 0.763. The van der Waals surface area contributed by atoms with Crippen LogP contribution in [0.1, 0.15) is 18.4 Å². The van der Waals surface area contributed by atoms with E-state index in [1.165, 1.54) is 12.8 Å². The van der Waals surface area contributed by atoms with Gasteiger partial charge in [-0.15, -0.1) is 0 Å². The molecule has 3 heteroatoms. The summed E-state index contributed by atoms with van der Waals surface area (Å²) in [5, 5.41) is 3.12. The fourth-order valence-corrected chi connectivity index (χ4v) is 1.37. The molecule has 0 aliphatic heterocycles. The molecule has 1 aromatic rings. The maximum absolute atomic E-state index is 5.74. The van der Waals surface area contributed by atoms with Crippen LogP contribution in [0.5, 0.6) is 5.75 Å². The molecule has 1 aromatic carbocycles. The highest BCUT2D eigenvalue weighted by molar-refractivity contribution is 5.57. The van der Waals surface area contributed by atoms with Crippen LogP contribution in [0.4, 0.5) is 5.69 Å². The highest BCUT2D eigenvalue weighted by Crippen LogP contribution is 2.32. The number of ether oxygens (including phenoxy) is 1. The second kappa shape index (κ2) is 3.88. The number of nitrogens with one attached hydrogen (secondary N) is 1. The SMILES string of the molecule is CNc1cc(CN)ccc1OC1CC1. The average molecular weight is 192 g/mol. The number of benzene rings is 1. The fourth-order valence-electron chi connectivity index (χ4n) is 1.37. The Morgan fingerprint density at radius 1 is 1.50 bits per heavy atom. The summed E-state index contributed by atoms with van der Waals surface area (Å²) >= 11 is 0. The molecule has 0 spiro atoms. The first kappa shape index (κ1) is 9.34. The molecule has 0 atom stereocenters. The molecule has 0 aromatic heterocycles. The molecule has 1 aliphatic rings. The van der Waals surface area contributed by atoms with E-state index in [9.17, 15) is 0 Å². The van der Waals surface area contributed by atoms with Gasteiger partial charge in [-0.2, -0.15) is 0 Å². The summed E-state index contributed by atoms with van der Waals surface area (Å²) in [5.74, 6) is 0.937. The maximum Gasteiger partial charge on any atom is 0.142 e. The van der Waals surface area contributed by atoms with E-state index >= 15 is 0 Å². The van der Waals surface area contributed by atoms with E-state index in [1.807, 2.05) is 25.2 Å². The first-order chi connectivity index (χ1) is 6.83. The van der Waals surface area contributed by atoms with Crippen LogP contribution in [0.3, 0.4) is 0 Å². The molecule has 3 N–H and O–H groups in total. The van der Waals surface area contributed by atoms with Crippen LogP contribution in [0.2, 0.25) is 0 Å². The number of hydrogen-bond acceptors (Lipinski definition) is 3. The lowest BCUT2D eigenvalue weighted by molar-refractivity contribution is 0.304. The smallest absolute Gasteiger partial charge is 0.142 e. The fraction of sp³-hybridized carbons (Fsp3) is 0.455. The van der Waals surface area contributed by atoms with Crippen LogP contribution in [-0.4, -0.2) is 13.2 Å². The largest absolute Gasteiger partial charge is 0.488 e. The van der Waals surface area contributed by atoms with Crippen molar-refractivity contribution in [3.05, 3.63) is 23.8 Å². The molecule has 2 rings (SSSR count). The summed E-state index contributed by atoms with van der Waals surface area (Å²) < 4.78 is 5.74. The zero-order valence-corrected chi connectivity index (χ0v) is 8.42. The number of anilines is 1. The van der Waals surface area contributed by atoms with Crippen LogP contribution in [0.15, 0.2) is 18.2 Å². The van der Waals surface area contributed by atoms with Crippen LogP contribution < -0.4 is 15.8 Å². The van der Waals surface area contributed by atoms with E-state index in [4.69, 9.17) is 10.5 Å². The number of hydrogen-bond donors (Lipinski definition) is 2. The Labute approximate surface area is 84.3 Å². The van der Waals surface area contributed by atoms with Gasteiger partial charge in [-0.1, -0.05) is 6.07 Å². The molecule has 1 saturated carbocycles. The van der Waals surface area contributed by atoms with Gasteiger partial charge < -0.3 is 15.8 Å². The van der Waals surface area contributed by atoms with Gasteiger partial charge in [0.15, 0.2) is 0 Å². The zero-order valence-electron chi connectivity index (χ0n) is 8.42. The van der Waals surface area contributed by atoms with Crippen molar-refractivity contribution in [1.29, 1.82) is 0 Å². The van der Waals surface area contributed by atoms with E-state index in [0.29, 0.717) is 12.6 Å². The molecule has 3 nitrogen and oxygen atoms in total. The van der Waals surface area contributed by atoms with Crippen LogP contribution in [0.25, 0.3) is 0 Å². The third-order valence-corrected chi connectivity index (χ3v) is 2.37. The van der Waals surface area contributed by atoms with Gasteiger partial charge in [-0.25, -0.2) is 0 Å². The molecule has 14 heavy (non-hydrogen) atoms. The van der Waals surface area contributed by atoms with Crippen molar-refractivity contribution in [2.24, 2.45) is 5.73 Å². The lowest BCUT2D eigenvalue weighted by Crippen LogP contribution is -2.02. The van der Waals surface area contributed by atoms with Gasteiger partial charge in [-0.05, 0) is 30.5 Å². The van der Waals surface area contributed by atoms with Gasteiger partial charge in [0.05, 0.1) is 11.8 Å². The molecule has 0 amide bonds. The Morgan fingerprint density at radius 3 is 2.86 bits per heavy atom. The van der Waals surface area contributed by atoms with Gasteiger partial charge in [0.25, 0.3) is 0 Å². The predicted octanol–water partition coefficient (Wildman–Crippen LogP) is 1.73. The molecule has 0 unspecified atom stereocenters. The van der Waals surface area contributed by atoms with Gasteiger partial charge in [-0.3, -0.25) is 0 Å². The molecular weight excluding hydrogens is 176 g/mol. The minimum atomic E-state index is 0.436. The van der Waals surface area contributed by atoms with Crippen LogP contribution in [0, 0.1) is 0 Å². The summed E-state index contributed by atoms with van der Waals surface area (Å²) in [6, 6.07) is 6.04. The third-order valence-electron chi connectivity index (χ3n) is 2.37. The van der Waals surface area contributed by atoms with Gasteiger partial charge >= 0.3 is 0 Å². The van der Waals surface area contributed by atoms with Crippen molar-refractivity contribution in [3.63, 3.8) is 0 Å². The third kappa shape index (κ3) is 1.99. The minimum Gasteiger partial charge on any atom is -0.488 e. The summed E-state index contributed by atoms with van der Waals surface area (Å²) in [5.41, 5.74) is 7.72. The first-order valence-corrected chi connectivity index (χ1v) is 5.01. The van der Waals surface area contributed by atoms with E-state index in [-0.39, 0.29) is 0 Å². The summed E-state index contributed by atoms with van der Waals surface area (Å²) in [6.07, 6.45) is 2.80. The molecule has 0 bridgehead atoms. The highest BCUT2D eigenvalue weighted by Gasteiger charge is 2.24.